The molecule has 0 aliphatic rings. The van der Waals surface area contributed by atoms with Gasteiger partial charge in [-0.2, -0.15) is 0 Å². The molecule has 0 spiro atoms. The number of nitrogens with zero attached hydrogens (tertiary/aromatic N) is 1. The Morgan fingerprint density at radius 3 is 2.40 bits per heavy atom. The number of hydrogen-bond acceptors (Lipinski definition) is 3. The molecular weight excluding hydrogens is 291 g/mol. The largest absolute Gasteiger partial charge is 0.477 e. The number of carboxylic acid groups (broad SMARTS) is 1. The van der Waals surface area contributed by atoms with Gasteiger partial charge in [-0.15, -0.1) is 11.3 Å². The highest BCUT2D eigenvalue weighted by atomic mass is 32.1. The molecule has 0 aliphatic heterocycles. The van der Waals surface area contributed by atoms with Gasteiger partial charge in [-0.25, -0.2) is 22.9 Å². The van der Waals surface area contributed by atoms with Crippen molar-refractivity contribution in [3.8, 4) is 10.6 Å². The molecule has 1 heterocycles. The molecule has 0 amide bonds. The van der Waals surface area contributed by atoms with Crippen LogP contribution in [0.1, 0.15) is 28.7 Å². The van der Waals surface area contributed by atoms with Gasteiger partial charge in [-0.05, 0) is 6.42 Å². The van der Waals surface area contributed by atoms with Crippen LogP contribution < -0.4 is 0 Å². The summed E-state index contributed by atoms with van der Waals surface area (Å²) in [5, 5.41) is 8.96. The van der Waals surface area contributed by atoms with Crippen LogP contribution in [-0.2, 0) is 6.42 Å². The number of carbonyl (C=O) groups is 1. The summed E-state index contributed by atoms with van der Waals surface area (Å²) in [7, 11) is 0. The number of carboxylic acids is 1. The molecule has 0 aliphatic carbocycles. The number of aromatic nitrogens is 1. The summed E-state index contributed by atoms with van der Waals surface area (Å²) in [6, 6.07) is 1.08. The molecule has 0 saturated carbocycles. The lowest BCUT2D eigenvalue weighted by atomic mass is 10.2. The third-order valence-electron chi connectivity index (χ3n) is 2.60. The van der Waals surface area contributed by atoms with Gasteiger partial charge in [0.25, 0.3) is 0 Å². The molecular formula is C13H10F3NO2S. The van der Waals surface area contributed by atoms with Crippen molar-refractivity contribution in [2.24, 2.45) is 0 Å². The lowest BCUT2D eigenvalue weighted by molar-refractivity contribution is 0.0700. The van der Waals surface area contributed by atoms with Gasteiger partial charge in [0.1, 0.15) is 27.3 Å². The second-order valence-corrected chi connectivity index (χ2v) is 5.09. The van der Waals surface area contributed by atoms with Crippen LogP contribution in [0.15, 0.2) is 12.1 Å². The highest BCUT2D eigenvalue weighted by Gasteiger charge is 2.22. The van der Waals surface area contributed by atoms with Gasteiger partial charge in [-0.3, -0.25) is 0 Å². The fourth-order valence-electron chi connectivity index (χ4n) is 1.78. The molecule has 7 heteroatoms. The van der Waals surface area contributed by atoms with Gasteiger partial charge >= 0.3 is 5.97 Å². The summed E-state index contributed by atoms with van der Waals surface area (Å²) >= 11 is 0.682. The molecule has 1 N–H and O–H groups in total. The Labute approximate surface area is 116 Å². The van der Waals surface area contributed by atoms with Crippen LogP contribution in [0.4, 0.5) is 13.2 Å². The highest BCUT2D eigenvalue weighted by Crippen LogP contribution is 2.33. The highest BCUT2D eigenvalue weighted by molar-refractivity contribution is 7.17. The van der Waals surface area contributed by atoms with Gasteiger partial charge in [0.05, 0.1) is 11.3 Å². The van der Waals surface area contributed by atoms with E-state index in [4.69, 9.17) is 5.11 Å². The molecule has 3 nitrogen and oxygen atoms in total. The van der Waals surface area contributed by atoms with Crippen LogP contribution in [-0.4, -0.2) is 16.1 Å². The number of thiazole rings is 1. The Morgan fingerprint density at radius 2 is 1.90 bits per heavy atom. The fraction of sp³-hybridized carbons (Fsp3) is 0.231. The minimum Gasteiger partial charge on any atom is -0.477 e. The molecule has 0 radical (unpaired) electrons. The van der Waals surface area contributed by atoms with Crippen molar-refractivity contribution in [1.82, 2.24) is 4.98 Å². The number of halogens is 3. The van der Waals surface area contributed by atoms with Gasteiger partial charge in [0, 0.05) is 12.1 Å². The molecule has 0 atom stereocenters. The van der Waals surface area contributed by atoms with Crippen molar-refractivity contribution < 1.29 is 23.1 Å². The van der Waals surface area contributed by atoms with E-state index < -0.39 is 29.0 Å². The summed E-state index contributed by atoms with van der Waals surface area (Å²) in [6.45, 7) is 1.84. The van der Waals surface area contributed by atoms with E-state index in [1.165, 1.54) is 0 Å². The zero-order chi connectivity index (χ0) is 14.9. The Hall–Kier alpha value is -1.89. The number of aryl methyl sites for hydroxylation is 1. The summed E-state index contributed by atoms with van der Waals surface area (Å²) in [5.74, 6) is -4.43. The van der Waals surface area contributed by atoms with Crippen molar-refractivity contribution in [1.29, 1.82) is 0 Å². The van der Waals surface area contributed by atoms with Crippen LogP contribution >= 0.6 is 11.3 Å². The van der Waals surface area contributed by atoms with E-state index in [0.717, 1.165) is 0 Å². The van der Waals surface area contributed by atoms with E-state index in [1.807, 2.05) is 6.92 Å². The minimum absolute atomic E-state index is 0.0509. The Kier molecular flexibility index (Phi) is 4.08. The van der Waals surface area contributed by atoms with Crippen LogP contribution in [0.2, 0.25) is 0 Å². The van der Waals surface area contributed by atoms with Crippen molar-refractivity contribution in [2.45, 2.75) is 19.8 Å². The molecule has 2 aromatic rings. The summed E-state index contributed by atoms with van der Waals surface area (Å²) in [5.41, 5.74) is -0.218. The van der Waals surface area contributed by atoms with Crippen LogP contribution in [0.25, 0.3) is 10.6 Å². The van der Waals surface area contributed by atoms with Gasteiger partial charge < -0.3 is 5.11 Å². The monoisotopic (exact) mass is 301 g/mol. The average molecular weight is 301 g/mol. The van der Waals surface area contributed by atoms with Gasteiger partial charge in [0.2, 0.25) is 0 Å². The molecule has 0 bridgehead atoms. The predicted octanol–water partition coefficient (Wildman–Crippen LogP) is 3.88. The maximum Gasteiger partial charge on any atom is 0.347 e. The summed E-state index contributed by atoms with van der Waals surface area (Å²) in [4.78, 5) is 15.0. The van der Waals surface area contributed by atoms with E-state index in [9.17, 15) is 18.0 Å². The quantitative estimate of drug-likeness (QED) is 0.932. The number of hydrogen-bond donors (Lipinski definition) is 1. The predicted molar refractivity (Wildman–Crippen MR) is 68.4 cm³/mol. The third-order valence-corrected chi connectivity index (χ3v) is 3.70. The maximum atomic E-state index is 13.7. The lowest BCUT2D eigenvalue weighted by Gasteiger charge is -2.01. The number of rotatable bonds is 4. The summed E-state index contributed by atoms with van der Waals surface area (Å²) < 4.78 is 40.2. The standard InChI is InChI=1S/C13H10F3NO2S/c1-2-3-9-11(13(18)19)20-12(17-9)10-7(15)4-6(14)5-8(10)16/h4-5H,2-3H2,1H3,(H,18,19). The first-order chi connectivity index (χ1) is 9.43. The van der Waals surface area contributed by atoms with Crippen molar-refractivity contribution in [3.63, 3.8) is 0 Å². The Morgan fingerprint density at radius 1 is 1.30 bits per heavy atom. The first-order valence-corrected chi connectivity index (χ1v) is 6.63. The van der Waals surface area contributed by atoms with Gasteiger partial charge in [-0.1, -0.05) is 13.3 Å². The van der Waals surface area contributed by atoms with Crippen molar-refractivity contribution in [2.75, 3.05) is 0 Å². The molecule has 20 heavy (non-hydrogen) atoms. The van der Waals surface area contributed by atoms with E-state index >= 15 is 0 Å². The normalized spacial score (nSPS) is 10.8. The number of benzene rings is 1. The van der Waals surface area contributed by atoms with E-state index in [1.54, 1.807) is 0 Å². The molecule has 2 rings (SSSR count). The van der Waals surface area contributed by atoms with E-state index in [-0.39, 0.29) is 15.6 Å². The second kappa shape index (κ2) is 5.62. The van der Waals surface area contributed by atoms with Crippen molar-refractivity contribution >= 4 is 17.3 Å². The first-order valence-electron chi connectivity index (χ1n) is 5.82. The molecule has 0 saturated heterocycles. The molecule has 106 valence electrons. The number of aromatic carboxylic acids is 1. The minimum atomic E-state index is -1.19. The van der Waals surface area contributed by atoms with Gasteiger partial charge in [0.15, 0.2) is 0 Å². The second-order valence-electron chi connectivity index (χ2n) is 4.09. The topological polar surface area (TPSA) is 50.2 Å². The zero-order valence-corrected chi connectivity index (χ0v) is 11.2. The molecule has 0 fully saturated rings. The fourth-order valence-corrected chi connectivity index (χ4v) is 2.78. The molecule has 1 aromatic heterocycles. The Bertz CT molecular complexity index is 647. The lowest BCUT2D eigenvalue weighted by Crippen LogP contribution is -1.98. The van der Waals surface area contributed by atoms with Crippen LogP contribution in [0.5, 0.6) is 0 Å². The van der Waals surface area contributed by atoms with Crippen LogP contribution in [0.3, 0.4) is 0 Å². The average Bonchev–Trinajstić information content (AvgIpc) is 2.72. The smallest absolute Gasteiger partial charge is 0.347 e. The third kappa shape index (κ3) is 2.67. The van der Waals surface area contributed by atoms with E-state index in [2.05, 4.69) is 4.98 Å². The van der Waals surface area contributed by atoms with Crippen LogP contribution in [0, 0.1) is 17.5 Å². The summed E-state index contributed by atoms with van der Waals surface area (Å²) in [6.07, 6.45) is 1.04. The zero-order valence-electron chi connectivity index (χ0n) is 10.4. The first kappa shape index (κ1) is 14.5. The molecule has 1 aromatic carbocycles. The van der Waals surface area contributed by atoms with E-state index in [0.29, 0.717) is 36.3 Å². The van der Waals surface area contributed by atoms with Crippen molar-refractivity contribution in [3.05, 3.63) is 40.2 Å². The maximum absolute atomic E-state index is 13.7. The molecule has 0 unspecified atom stereocenters. The SMILES string of the molecule is CCCc1nc(-c2c(F)cc(F)cc2F)sc1C(=O)O. The Balaban J connectivity index is 2.59.